The summed E-state index contributed by atoms with van der Waals surface area (Å²) in [5, 5.41) is 12.5. The van der Waals surface area contributed by atoms with Gasteiger partial charge in [0.2, 0.25) is 0 Å². The van der Waals surface area contributed by atoms with E-state index in [2.05, 4.69) is 27.6 Å². The van der Waals surface area contributed by atoms with Crippen LogP contribution in [0.15, 0.2) is 75.7 Å². The highest BCUT2D eigenvalue weighted by molar-refractivity contribution is 14.1. The first-order valence-corrected chi connectivity index (χ1v) is 17.0. The molecule has 0 fully saturated rings. The van der Waals surface area contributed by atoms with Gasteiger partial charge in [0.15, 0.2) is 16.3 Å². The van der Waals surface area contributed by atoms with Gasteiger partial charge in [-0.2, -0.15) is 0 Å². The quantitative estimate of drug-likeness (QED) is 0.0734. The van der Waals surface area contributed by atoms with Gasteiger partial charge in [0.1, 0.15) is 6.61 Å². The Morgan fingerprint density at radius 3 is 2.60 bits per heavy atom. The van der Waals surface area contributed by atoms with Gasteiger partial charge in [-0.1, -0.05) is 52.7 Å². The fraction of sp³-hybridized carbons (Fsp3) is 0.242. The monoisotopic (exact) mass is 807 g/mol. The van der Waals surface area contributed by atoms with Crippen LogP contribution in [0.1, 0.15) is 50.4 Å². The summed E-state index contributed by atoms with van der Waals surface area (Å²) >= 11 is 15.5. The molecular weight excluding hydrogens is 780 g/mol. The van der Waals surface area contributed by atoms with E-state index in [4.69, 9.17) is 37.4 Å². The van der Waals surface area contributed by atoms with Gasteiger partial charge in [-0.25, -0.2) is 9.79 Å². The number of allylic oxidation sites excluding steroid dienone is 1. The largest absolute Gasteiger partial charge is 0.490 e. The zero-order chi connectivity index (χ0) is 34.0. The maximum atomic E-state index is 14.1. The van der Waals surface area contributed by atoms with Crippen molar-refractivity contribution in [3.63, 3.8) is 0 Å². The number of esters is 1. The predicted octanol–water partition coefficient (Wildman–Crippen LogP) is 6.98. The molecule has 0 N–H and O–H groups in total. The van der Waals surface area contributed by atoms with Crippen molar-refractivity contribution >= 4 is 74.9 Å². The van der Waals surface area contributed by atoms with Crippen molar-refractivity contribution in [3.8, 4) is 11.5 Å². The van der Waals surface area contributed by atoms with E-state index >= 15 is 0 Å². The van der Waals surface area contributed by atoms with Gasteiger partial charge >= 0.3 is 5.97 Å². The van der Waals surface area contributed by atoms with Gasteiger partial charge in [0.25, 0.3) is 11.2 Å². The molecule has 3 aromatic carbocycles. The SMILES string of the molecule is CCOc1cc(/C=c2/sc3n(c2=O)[C@@H](c2cccc([N+](=O)[O-])c2)C(C(=O)OC(C)C)=C(C)N=3)cc(I)c1OCc1ccc(Cl)c(Cl)c1. The molecule has 0 bridgehead atoms. The van der Waals surface area contributed by atoms with E-state index in [0.29, 0.717) is 54.3 Å². The summed E-state index contributed by atoms with van der Waals surface area (Å²) < 4.78 is 20.1. The van der Waals surface area contributed by atoms with Crippen LogP contribution in [0.5, 0.6) is 11.5 Å². The number of fused-ring (bicyclic) bond motifs is 1. The molecule has 0 amide bonds. The molecule has 1 aliphatic rings. The van der Waals surface area contributed by atoms with Gasteiger partial charge < -0.3 is 14.2 Å². The Kier molecular flexibility index (Phi) is 10.7. The van der Waals surface area contributed by atoms with E-state index in [1.165, 1.54) is 22.8 Å². The molecule has 5 rings (SSSR count). The fourth-order valence-corrected chi connectivity index (χ4v) is 7.14. The van der Waals surface area contributed by atoms with Crippen molar-refractivity contribution in [1.29, 1.82) is 0 Å². The van der Waals surface area contributed by atoms with E-state index in [1.807, 2.05) is 19.1 Å². The number of rotatable bonds is 10. The number of nitro groups is 1. The smallest absolute Gasteiger partial charge is 0.338 e. The molecule has 0 saturated carbocycles. The number of non-ortho nitro benzene ring substituents is 1. The number of nitro benzene ring substituents is 1. The van der Waals surface area contributed by atoms with Gasteiger partial charge in [0, 0.05) is 12.1 Å². The minimum Gasteiger partial charge on any atom is -0.490 e. The zero-order valence-electron chi connectivity index (χ0n) is 25.6. The fourth-order valence-electron chi connectivity index (χ4n) is 4.99. The lowest BCUT2D eigenvalue weighted by Crippen LogP contribution is -2.40. The van der Waals surface area contributed by atoms with Crippen molar-refractivity contribution in [2.24, 2.45) is 4.99 Å². The molecule has 1 atom stereocenters. The number of ether oxygens (including phenoxy) is 3. The number of hydrogen-bond donors (Lipinski definition) is 0. The number of carbonyl (C=O) groups is 1. The summed E-state index contributed by atoms with van der Waals surface area (Å²) in [7, 11) is 0. The molecule has 0 spiro atoms. The number of benzene rings is 3. The number of hydrogen-bond acceptors (Lipinski definition) is 9. The molecule has 1 aromatic heterocycles. The number of halogens is 3. The van der Waals surface area contributed by atoms with Crippen LogP contribution < -0.4 is 24.4 Å². The highest BCUT2D eigenvalue weighted by Crippen LogP contribution is 2.36. The van der Waals surface area contributed by atoms with Crippen LogP contribution >= 0.6 is 57.1 Å². The molecule has 0 unspecified atom stereocenters. The predicted molar refractivity (Wildman–Crippen MR) is 189 cm³/mol. The van der Waals surface area contributed by atoms with Crippen molar-refractivity contribution in [3.05, 3.63) is 126 Å². The first-order valence-electron chi connectivity index (χ1n) is 14.4. The molecule has 1 aliphatic heterocycles. The van der Waals surface area contributed by atoms with Crippen LogP contribution in [0, 0.1) is 13.7 Å². The van der Waals surface area contributed by atoms with Gasteiger partial charge in [-0.15, -0.1) is 0 Å². The van der Waals surface area contributed by atoms with Gasteiger partial charge in [0.05, 0.1) is 53.1 Å². The first kappa shape index (κ1) is 34.6. The van der Waals surface area contributed by atoms with Crippen LogP contribution in [0.25, 0.3) is 6.08 Å². The highest BCUT2D eigenvalue weighted by atomic mass is 127. The molecule has 47 heavy (non-hydrogen) atoms. The van der Waals surface area contributed by atoms with E-state index in [9.17, 15) is 19.7 Å². The van der Waals surface area contributed by atoms with E-state index in [0.717, 1.165) is 20.5 Å². The molecule has 0 aliphatic carbocycles. The molecular formula is C33H28Cl2IN3O7S. The standard InChI is InChI=1S/C33H28Cl2IN3O7S/c1-5-44-26-13-20(12-25(36)30(26)45-16-19-9-10-23(34)24(35)11-19)14-27-31(40)38-29(21-7-6-8-22(15-21)39(42)43)28(32(41)46-17(2)3)18(4)37-33(38)47-27/h6-15,17,29H,5,16H2,1-4H3/b27-14+/t29-/m0/s1. The maximum absolute atomic E-state index is 14.1. The summed E-state index contributed by atoms with van der Waals surface area (Å²) in [6.07, 6.45) is 1.28. The third kappa shape index (κ3) is 7.56. The lowest BCUT2D eigenvalue weighted by molar-refractivity contribution is -0.384. The van der Waals surface area contributed by atoms with Crippen LogP contribution in [-0.4, -0.2) is 28.2 Å². The summed E-state index contributed by atoms with van der Waals surface area (Å²) in [6, 6.07) is 13.8. The number of carbonyl (C=O) groups excluding carboxylic acids is 1. The lowest BCUT2D eigenvalue weighted by atomic mass is 9.95. The summed E-state index contributed by atoms with van der Waals surface area (Å²) in [5.74, 6) is 0.369. The van der Waals surface area contributed by atoms with Crippen LogP contribution in [0.3, 0.4) is 0 Å². The van der Waals surface area contributed by atoms with Gasteiger partial charge in [-0.05, 0) is 97.3 Å². The average molecular weight is 808 g/mol. The van der Waals surface area contributed by atoms with E-state index in [1.54, 1.807) is 51.1 Å². The normalized spacial score (nSPS) is 14.6. The molecule has 10 nitrogen and oxygen atoms in total. The second-order valence-electron chi connectivity index (χ2n) is 10.7. The topological polar surface area (TPSA) is 122 Å². The van der Waals surface area contributed by atoms with Crippen LogP contribution in [0.2, 0.25) is 10.0 Å². The average Bonchev–Trinajstić information content (AvgIpc) is 3.31. The number of nitrogens with zero attached hydrogens (tertiary/aromatic N) is 3. The number of thiazole rings is 1. The highest BCUT2D eigenvalue weighted by Gasteiger charge is 2.34. The Balaban J connectivity index is 1.60. The van der Waals surface area contributed by atoms with Crippen molar-refractivity contribution < 1.29 is 23.9 Å². The summed E-state index contributed by atoms with van der Waals surface area (Å²) in [6.45, 7) is 7.55. The van der Waals surface area contributed by atoms with Gasteiger partial charge in [-0.3, -0.25) is 19.5 Å². The zero-order valence-corrected chi connectivity index (χ0v) is 30.1. The van der Waals surface area contributed by atoms with Crippen molar-refractivity contribution in [1.82, 2.24) is 4.57 Å². The minimum absolute atomic E-state index is 0.134. The van der Waals surface area contributed by atoms with E-state index < -0.39 is 28.6 Å². The first-order chi connectivity index (χ1) is 22.4. The van der Waals surface area contributed by atoms with Crippen molar-refractivity contribution in [2.75, 3.05) is 6.61 Å². The van der Waals surface area contributed by atoms with E-state index in [-0.39, 0.29) is 17.9 Å². The lowest BCUT2D eigenvalue weighted by Gasteiger charge is -2.25. The van der Waals surface area contributed by atoms with Crippen molar-refractivity contribution in [2.45, 2.75) is 46.4 Å². The second-order valence-corrected chi connectivity index (χ2v) is 13.7. The Hall–Kier alpha value is -3.72. The molecule has 0 radical (unpaired) electrons. The van der Waals surface area contributed by atoms with Crippen LogP contribution in [0.4, 0.5) is 5.69 Å². The molecule has 4 aromatic rings. The number of aromatic nitrogens is 1. The summed E-state index contributed by atoms with van der Waals surface area (Å²) in [5.41, 5.74) is 1.79. The molecule has 244 valence electrons. The Morgan fingerprint density at radius 2 is 1.91 bits per heavy atom. The van der Waals surface area contributed by atoms with Crippen LogP contribution in [-0.2, 0) is 16.1 Å². The maximum Gasteiger partial charge on any atom is 0.338 e. The Morgan fingerprint density at radius 1 is 1.15 bits per heavy atom. The Labute approximate surface area is 297 Å². The minimum atomic E-state index is -0.990. The molecule has 0 saturated heterocycles. The summed E-state index contributed by atoms with van der Waals surface area (Å²) in [4.78, 5) is 43.5. The second kappa shape index (κ2) is 14.6. The Bertz CT molecular complexity index is 2110. The molecule has 14 heteroatoms. The third-order valence-electron chi connectivity index (χ3n) is 6.98. The third-order valence-corrected chi connectivity index (χ3v) is 9.50. The molecule has 2 heterocycles.